The fourth-order valence-electron chi connectivity index (χ4n) is 1.84. The van der Waals surface area contributed by atoms with Crippen LogP contribution in [0.15, 0.2) is 18.2 Å². The summed E-state index contributed by atoms with van der Waals surface area (Å²) in [5.41, 5.74) is 7.70. The fourth-order valence-corrected chi connectivity index (χ4v) is 1.84. The summed E-state index contributed by atoms with van der Waals surface area (Å²) in [5, 5.41) is 0. The number of para-hydroxylation sites is 1. The third-order valence-corrected chi connectivity index (χ3v) is 3.05. The molecule has 0 fully saturated rings. The van der Waals surface area contributed by atoms with Crippen molar-refractivity contribution in [2.75, 3.05) is 26.4 Å². The smallest absolute Gasteiger partial charge is 0.310 e. The van der Waals surface area contributed by atoms with E-state index in [0.29, 0.717) is 17.8 Å². The number of benzene rings is 1. The minimum atomic E-state index is -0.370. The van der Waals surface area contributed by atoms with Crippen molar-refractivity contribution >= 4 is 17.6 Å². The lowest BCUT2D eigenvalue weighted by Gasteiger charge is -2.21. The molecule has 5 nitrogen and oxygen atoms in total. The lowest BCUT2D eigenvalue weighted by Crippen LogP contribution is -2.34. The van der Waals surface area contributed by atoms with Crippen LogP contribution in [0.25, 0.3) is 0 Å². The number of nitrogen functional groups attached to an aromatic ring is 1. The SMILES string of the molecule is COC(=O)C(C)CN(C)C(=O)c1cccc(C)c1N. The van der Waals surface area contributed by atoms with Crippen molar-refractivity contribution in [3.8, 4) is 0 Å². The van der Waals surface area contributed by atoms with E-state index in [1.54, 1.807) is 26.1 Å². The van der Waals surface area contributed by atoms with Crippen molar-refractivity contribution in [3.05, 3.63) is 29.3 Å². The van der Waals surface area contributed by atoms with Gasteiger partial charge in [-0.25, -0.2) is 0 Å². The number of carbonyl (C=O) groups is 2. The summed E-state index contributed by atoms with van der Waals surface area (Å²) >= 11 is 0. The maximum Gasteiger partial charge on any atom is 0.310 e. The molecule has 5 heteroatoms. The first-order valence-electron chi connectivity index (χ1n) is 6.06. The van der Waals surface area contributed by atoms with Gasteiger partial charge in [0.05, 0.1) is 18.6 Å². The largest absolute Gasteiger partial charge is 0.469 e. The second-order valence-corrected chi connectivity index (χ2v) is 4.65. The third kappa shape index (κ3) is 3.47. The van der Waals surface area contributed by atoms with Gasteiger partial charge in [0, 0.05) is 19.3 Å². The van der Waals surface area contributed by atoms with E-state index in [4.69, 9.17) is 5.73 Å². The normalized spacial score (nSPS) is 11.8. The number of rotatable bonds is 4. The number of anilines is 1. The highest BCUT2D eigenvalue weighted by molar-refractivity contribution is 5.99. The van der Waals surface area contributed by atoms with E-state index in [0.717, 1.165) is 5.56 Å². The summed E-state index contributed by atoms with van der Waals surface area (Å²) in [6.45, 7) is 3.86. The Morgan fingerprint density at radius 1 is 1.42 bits per heavy atom. The summed E-state index contributed by atoms with van der Waals surface area (Å²) < 4.78 is 4.64. The molecule has 104 valence electrons. The van der Waals surface area contributed by atoms with Gasteiger partial charge in [-0.05, 0) is 18.6 Å². The molecule has 1 atom stereocenters. The minimum absolute atomic E-state index is 0.197. The topological polar surface area (TPSA) is 72.6 Å². The van der Waals surface area contributed by atoms with Crippen LogP contribution in [0.5, 0.6) is 0 Å². The number of nitrogens with zero attached hydrogens (tertiary/aromatic N) is 1. The lowest BCUT2D eigenvalue weighted by atomic mass is 10.1. The highest BCUT2D eigenvalue weighted by Gasteiger charge is 2.21. The molecule has 2 N–H and O–H groups in total. The van der Waals surface area contributed by atoms with Gasteiger partial charge in [-0.1, -0.05) is 19.1 Å². The predicted octanol–water partition coefficient (Wildman–Crippen LogP) is 1.46. The molecule has 0 saturated carbocycles. The number of hydrogen-bond acceptors (Lipinski definition) is 4. The van der Waals surface area contributed by atoms with Gasteiger partial charge >= 0.3 is 5.97 Å². The zero-order valence-corrected chi connectivity index (χ0v) is 11.8. The van der Waals surface area contributed by atoms with Crippen LogP contribution >= 0.6 is 0 Å². The van der Waals surface area contributed by atoms with Crippen LogP contribution < -0.4 is 5.73 Å². The molecule has 0 bridgehead atoms. The average molecular weight is 264 g/mol. The highest BCUT2D eigenvalue weighted by Crippen LogP contribution is 2.18. The van der Waals surface area contributed by atoms with Crippen molar-refractivity contribution < 1.29 is 14.3 Å². The Balaban J connectivity index is 2.83. The van der Waals surface area contributed by atoms with Gasteiger partial charge in [-0.15, -0.1) is 0 Å². The standard InChI is InChI=1S/C14H20N2O3/c1-9-6-5-7-11(12(9)15)13(17)16(3)8-10(2)14(18)19-4/h5-7,10H,8,15H2,1-4H3. The van der Waals surface area contributed by atoms with Crippen molar-refractivity contribution in [2.45, 2.75) is 13.8 Å². The predicted molar refractivity (Wildman–Crippen MR) is 73.7 cm³/mol. The molecule has 0 aliphatic heterocycles. The Hall–Kier alpha value is -2.04. The molecule has 0 radical (unpaired) electrons. The first-order chi connectivity index (χ1) is 8.88. The number of carbonyl (C=O) groups excluding carboxylic acids is 2. The van der Waals surface area contributed by atoms with Gasteiger partial charge in [0.25, 0.3) is 5.91 Å². The number of amides is 1. The Bertz CT molecular complexity index is 486. The lowest BCUT2D eigenvalue weighted by molar-refractivity contribution is -0.145. The monoisotopic (exact) mass is 264 g/mol. The van der Waals surface area contributed by atoms with Gasteiger partial charge in [0.2, 0.25) is 0 Å². The zero-order valence-electron chi connectivity index (χ0n) is 11.8. The van der Waals surface area contributed by atoms with Crippen LogP contribution in [-0.4, -0.2) is 37.5 Å². The molecule has 0 aliphatic rings. The third-order valence-electron chi connectivity index (χ3n) is 3.05. The number of aryl methyl sites for hydroxylation is 1. The summed E-state index contributed by atoms with van der Waals surface area (Å²) in [6, 6.07) is 5.32. The number of esters is 1. The number of ether oxygens (including phenoxy) is 1. The molecule has 1 aromatic rings. The van der Waals surface area contributed by atoms with E-state index in [-0.39, 0.29) is 17.8 Å². The van der Waals surface area contributed by atoms with Crippen LogP contribution in [0.3, 0.4) is 0 Å². The van der Waals surface area contributed by atoms with E-state index in [1.165, 1.54) is 12.0 Å². The van der Waals surface area contributed by atoms with Crippen molar-refractivity contribution in [1.82, 2.24) is 4.90 Å². The quantitative estimate of drug-likeness (QED) is 0.660. The van der Waals surface area contributed by atoms with E-state index in [2.05, 4.69) is 4.74 Å². The van der Waals surface area contributed by atoms with Crippen LogP contribution in [0.2, 0.25) is 0 Å². The minimum Gasteiger partial charge on any atom is -0.469 e. The van der Waals surface area contributed by atoms with Crippen LogP contribution in [0.4, 0.5) is 5.69 Å². The first kappa shape index (κ1) is 15.0. The molecule has 0 aromatic heterocycles. The summed E-state index contributed by atoms with van der Waals surface area (Å²) in [6.07, 6.45) is 0. The summed E-state index contributed by atoms with van der Waals surface area (Å²) in [4.78, 5) is 25.1. The summed E-state index contributed by atoms with van der Waals surface area (Å²) in [5.74, 6) is -0.904. The molecular formula is C14H20N2O3. The second kappa shape index (κ2) is 6.22. The van der Waals surface area contributed by atoms with E-state index >= 15 is 0 Å². The summed E-state index contributed by atoms with van der Waals surface area (Å²) in [7, 11) is 2.97. The van der Waals surface area contributed by atoms with E-state index in [9.17, 15) is 9.59 Å². The number of methoxy groups -OCH3 is 1. The Morgan fingerprint density at radius 3 is 2.63 bits per heavy atom. The average Bonchev–Trinajstić information content (AvgIpc) is 2.39. The van der Waals surface area contributed by atoms with E-state index in [1.807, 2.05) is 13.0 Å². The van der Waals surface area contributed by atoms with Crippen LogP contribution in [0.1, 0.15) is 22.8 Å². The number of nitrogens with two attached hydrogens (primary N) is 1. The maximum atomic E-state index is 12.3. The highest BCUT2D eigenvalue weighted by atomic mass is 16.5. The number of hydrogen-bond donors (Lipinski definition) is 1. The van der Waals surface area contributed by atoms with Crippen LogP contribution in [-0.2, 0) is 9.53 Å². The second-order valence-electron chi connectivity index (χ2n) is 4.65. The van der Waals surface area contributed by atoms with Gasteiger partial charge < -0.3 is 15.4 Å². The molecule has 1 amide bonds. The molecule has 0 spiro atoms. The molecule has 1 rings (SSSR count). The zero-order chi connectivity index (χ0) is 14.6. The molecule has 0 aliphatic carbocycles. The molecule has 1 aromatic carbocycles. The van der Waals surface area contributed by atoms with Crippen molar-refractivity contribution in [1.29, 1.82) is 0 Å². The van der Waals surface area contributed by atoms with Gasteiger partial charge in [0.1, 0.15) is 0 Å². The van der Waals surface area contributed by atoms with E-state index < -0.39 is 0 Å². The fraction of sp³-hybridized carbons (Fsp3) is 0.429. The van der Waals surface area contributed by atoms with Gasteiger partial charge in [0.15, 0.2) is 0 Å². The molecule has 0 heterocycles. The van der Waals surface area contributed by atoms with Crippen LogP contribution in [0, 0.1) is 12.8 Å². The molecule has 0 saturated heterocycles. The molecule has 1 unspecified atom stereocenters. The van der Waals surface area contributed by atoms with Crippen molar-refractivity contribution in [2.24, 2.45) is 5.92 Å². The van der Waals surface area contributed by atoms with Gasteiger partial charge in [-0.2, -0.15) is 0 Å². The molecule has 19 heavy (non-hydrogen) atoms. The Kier molecular flexibility index (Phi) is 4.92. The van der Waals surface area contributed by atoms with Gasteiger partial charge in [-0.3, -0.25) is 9.59 Å². The Labute approximate surface area is 113 Å². The Morgan fingerprint density at radius 2 is 2.05 bits per heavy atom. The molecular weight excluding hydrogens is 244 g/mol. The van der Waals surface area contributed by atoms with Crippen molar-refractivity contribution in [3.63, 3.8) is 0 Å². The first-order valence-corrected chi connectivity index (χ1v) is 6.06. The maximum absolute atomic E-state index is 12.3.